The van der Waals surface area contributed by atoms with E-state index in [0.717, 1.165) is 24.2 Å². The van der Waals surface area contributed by atoms with Gasteiger partial charge in [-0.2, -0.15) is 0 Å². The molecule has 1 aliphatic carbocycles. The van der Waals surface area contributed by atoms with Crippen LogP contribution in [0, 0.1) is 0 Å². The van der Waals surface area contributed by atoms with Crippen molar-refractivity contribution in [3.8, 4) is 0 Å². The Kier molecular flexibility index (Phi) is 5.56. The Labute approximate surface area is 145 Å². The fourth-order valence-electron chi connectivity index (χ4n) is 2.20. The number of amides is 2. The van der Waals surface area contributed by atoms with Gasteiger partial charge in [0.2, 0.25) is 0 Å². The highest BCUT2D eigenvalue weighted by atomic mass is 16.5. The largest absolute Gasteiger partial charge is 0.461 e. The predicted molar refractivity (Wildman–Crippen MR) is 91.9 cm³/mol. The van der Waals surface area contributed by atoms with Gasteiger partial charge in [0, 0.05) is 36.1 Å². The summed E-state index contributed by atoms with van der Waals surface area (Å²) in [4.78, 5) is 31.9. The first-order valence-corrected chi connectivity index (χ1v) is 8.27. The molecule has 2 N–H and O–H groups in total. The molecule has 0 unspecified atom stereocenters. The third-order valence-corrected chi connectivity index (χ3v) is 3.71. The van der Waals surface area contributed by atoms with Crippen molar-refractivity contribution in [1.82, 2.24) is 15.3 Å². The second kappa shape index (κ2) is 8.23. The number of hydrogen-bond donors (Lipinski definition) is 2. The Bertz CT molecular complexity index is 715. The summed E-state index contributed by atoms with van der Waals surface area (Å²) >= 11 is 0. The lowest BCUT2D eigenvalue weighted by atomic mass is 10.3. The van der Waals surface area contributed by atoms with E-state index < -0.39 is 0 Å². The molecule has 2 amide bonds. The van der Waals surface area contributed by atoms with Gasteiger partial charge in [0.1, 0.15) is 12.4 Å². The van der Waals surface area contributed by atoms with Crippen molar-refractivity contribution in [2.75, 3.05) is 11.9 Å². The molecule has 2 aromatic rings. The van der Waals surface area contributed by atoms with E-state index in [0.29, 0.717) is 11.6 Å². The molecule has 1 heterocycles. The lowest BCUT2D eigenvalue weighted by Crippen LogP contribution is -2.30. The number of carbonyl (C=O) groups excluding carboxylic acids is 2. The summed E-state index contributed by atoms with van der Waals surface area (Å²) < 4.78 is 5.15. The second-order valence-corrected chi connectivity index (χ2v) is 5.88. The summed E-state index contributed by atoms with van der Waals surface area (Å²) in [5.41, 5.74) is 1.45. The lowest BCUT2D eigenvalue weighted by Gasteiger charge is -2.08. The van der Waals surface area contributed by atoms with E-state index in [2.05, 4.69) is 20.6 Å². The summed E-state index contributed by atoms with van der Waals surface area (Å²) in [5, 5.41) is 5.29. The Balaban J connectivity index is 1.31. The van der Waals surface area contributed by atoms with E-state index in [1.54, 1.807) is 24.5 Å². The van der Waals surface area contributed by atoms with Crippen molar-refractivity contribution in [2.45, 2.75) is 31.8 Å². The third-order valence-electron chi connectivity index (χ3n) is 3.71. The molecule has 0 bridgehead atoms. The molecule has 0 aliphatic heterocycles. The van der Waals surface area contributed by atoms with E-state index in [-0.39, 0.29) is 31.6 Å². The van der Waals surface area contributed by atoms with Crippen LogP contribution < -0.4 is 10.6 Å². The van der Waals surface area contributed by atoms with E-state index in [4.69, 9.17) is 4.74 Å². The monoisotopic (exact) mass is 340 g/mol. The van der Waals surface area contributed by atoms with Gasteiger partial charge in [0.15, 0.2) is 0 Å². The fourth-order valence-corrected chi connectivity index (χ4v) is 2.20. The molecular formula is C18H20N4O3. The molecule has 25 heavy (non-hydrogen) atoms. The van der Waals surface area contributed by atoms with Gasteiger partial charge in [-0.25, -0.2) is 14.8 Å². The minimum absolute atomic E-state index is 0.100. The summed E-state index contributed by atoms with van der Waals surface area (Å²) in [7, 11) is 0. The Morgan fingerprint density at radius 3 is 2.52 bits per heavy atom. The fraction of sp³-hybridized carbons (Fsp3) is 0.333. The normalized spacial score (nSPS) is 13.1. The number of anilines is 1. The minimum atomic E-state index is -0.383. The number of para-hydroxylation sites is 1. The molecule has 1 aromatic heterocycles. The van der Waals surface area contributed by atoms with E-state index in [1.165, 1.54) is 0 Å². The molecule has 7 heteroatoms. The van der Waals surface area contributed by atoms with Gasteiger partial charge in [-0.15, -0.1) is 0 Å². The molecule has 7 nitrogen and oxygen atoms in total. The molecule has 0 atom stereocenters. The summed E-state index contributed by atoms with van der Waals surface area (Å²) in [6, 6.07) is 8.73. The maximum Gasteiger partial charge on any atom is 0.319 e. The number of nitrogens with zero attached hydrogens (tertiary/aromatic N) is 2. The number of rotatable bonds is 7. The van der Waals surface area contributed by atoms with Crippen molar-refractivity contribution in [2.24, 2.45) is 0 Å². The Morgan fingerprint density at radius 1 is 1.12 bits per heavy atom. The Hall–Kier alpha value is -2.96. The molecule has 3 rings (SSSR count). The SMILES string of the molecule is O=C(NCCC(=O)OCc1cnc(C2CC2)nc1)Nc1ccccc1. The van der Waals surface area contributed by atoms with Crippen molar-refractivity contribution < 1.29 is 14.3 Å². The summed E-state index contributed by atoms with van der Waals surface area (Å²) in [5.74, 6) is 0.986. The summed E-state index contributed by atoms with van der Waals surface area (Å²) in [6.45, 7) is 0.342. The zero-order chi connectivity index (χ0) is 17.5. The number of aromatic nitrogens is 2. The molecule has 1 saturated carbocycles. The first kappa shape index (κ1) is 16.9. The number of urea groups is 1. The van der Waals surface area contributed by atoms with Crippen molar-refractivity contribution in [3.05, 3.63) is 54.1 Å². The van der Waals surface area contributed by atoms with Crippen LogP contribution in [0.5, 0.6) is 0 Å². The van der Waals surface area contributed by atoms with Crippen LogP contribution in [0.25, 0.3) is 0 Å². The average Bonchev–Trinajstić information content (AvgIpc) is 3.46. The van der Waals surface area contributed by atoms with Crippen molar-refractivity contribution >= 4 is 17.7 Å². The quantitative estimate of drug-likeness (QED) is 0.756. The highest BCUT2D eigenvalue weighted by molar-refractivity contribution is 5.89. The third kappa shape index (κ3) is 5.56. The zero-order valence-corrected chi connectivity index (χ0v) is 13.8. The Morgan fingerprint density at radius 2 is 1.84 bits per heavy atom. The number of esters is 1. The van der Waals surface area contributed by atoms with Crippen LogP contribution in [-0.2, 0) is 16.1 Å². The zero-order valence-electron chi connectivity index (χ0n) is 13.8. The number of nitrogens with one attached hydrogen (secondary N) is 2. The highest BCUT2D eigenvalue weighted by Crippen LogP contribution is 2.37. The van der Waals surface area contributed by atoms with Gasteiger partial charge in [0.25, 0.3) is 0 Å². The topological polar surface area (TPSA) is 93.2 Å². The molecule has 1 aromatic carbocycles. The molecular weight excluding hydrogens is 320 g/mol. The standard InChI is InChI=1S/C18H20N4O3/c23-16(8-9-19-18(24)22-15-4-2-1-3-5-15)25-12-13-10-20-17(21-11-13)14-6-7-14/h1-5,10-11,14H,6-9,12H2,(H2,19,22,24). The molecule has 1 aliphatic rings. The van der Waals surface area contributed by atoms with Crippen LogP contribution >= 0.6 is 0 Å². The van der Waals surface area contributed by atoms with E-state index >= 15 is 0 Å². The van der Waals surface area contributed by atoms with Gasteiger partial charge in [-0.3, -0.25) is 4.79 Å². The number of carbonyl (C=O) groups is 2. The van der Waals surface area contributed by atoms with Crippen molar-refractivity contribution in [1.29, 1.82) is 0 Å². The molecule has 0 saturated heterocycles. The maximum atomic E-state index is 11.7. The van der Waals surface area contributed by atoms with Gasteiger partial charge in [0.05, 0.1) is 6.42 Å². The second-order valence-electron chi connectivity index (χ2n) is 5.88. The molecule has 1 fully saturated rings. The number of ether oxygens (including phenoxy) is 1. The van der Waals surface area contributed by atoms with Crippen molar-refractivity contribution in [3.63, 3.8) is 0 Å². The van der Waals surface area contributed by atoms with Gasteiger partial charge < -0.3 is 15.4 Å². The number of benzene rings is 1. The molecule has 130 valence electrons. The van der Waals surface area contributed by atoms with Crippen LogP contribution in [0.2, 0.25) is 0 Å². The summed E-state index contributed by atoms with van der Waals surface area (Å²) in [6.07, 6.45) is 5.79. The molecule has 0 radical (unpaired) electrons. The van der Waals surface area contributed by atoms with E-state index in [9.17, 15) is 9.59 Å². The predicted octanol–water partition coefficient (Wildman–Crippen LogP) is 2.61. The van der Waals surface area contributed by atoms with Crippen LogP contribution in [0.4, 0.5) is 10.5 Å². The lowest BCUT2D eigenvalue weighted by molar-refractivity contribution is -0.144. The maximum absolute atomic E-state index is 11.7. The highest BCUT2D eigenvalue weighted by Gasteiger charge is 2.26. The van der Waals surface area contributed by atoms with Gasteiger partial charge >= 0.3 is 12.0 Å². The molecule has 0 spiro atoms. The van der Waals surface area contributed by atoms with E-state index in [1.807, 2.05) is 18.2 Å². The minimum Gasteiger partial charge on any atom is -0.461 e. The average molecular weight is 340 g/mol. The van der Waals surface area contributed by atoms with Crippen LogP contribution in [0.15, 0.2) is 42.7 Å². The first-order valence-electron chi connectivity index (χ1n) is 8.27. The van der Waals surface area contributed by atoms with Gasteiger partial charge in [-0.1, -0.05) is 18.2 Å². The van der Waals surface area contributed by atoms with Gasteiger partial charge in [-0.05, 0) is 25.0 Å². The first-order chi connectivity index (χ1) is 12.2. The van der Waals surface area contributed by atoms with Crippen LogP contribution in [-0.4, -0.2) is 28.5 Å². The van der Waals surface area contributed by atoms with Crippen LogP contribution in [0.3, 0.4) is 0 Å². The number of hydrogen-bond acceptors (Lipinski definition) is 5. The van der Waals surface area contributed by atoms with Crippen LogP contribution in [0.1, 0.15) is 36.6 Å². The smallest absolute Gasteiger partial charge is 0.319 e.